The van der Waals surface area contributed by atoms with E-state index in [4.69, 9.17) is 9.84 Å². The monoisotopic (exact) mass is 436 g/mol. The molecule has 0 amide bonds. The van der Waals surface area contributed by atoms with Crippen molar-refractivity contribution in [2.75, 3.05) is 29.3 Å². The van der Waals surface area contributed by atoms with Crippen LogP contribution >= 0.6 is 0 Å². The molecule has 7 nitrogen and oxygen atoms in total. The third kappa shape index (κ3) is 5.63. The van der Waals surface area contributed by atoms with Gasteiger partial charge in [-0.25, -0.2) is 12.8 Å². The van der Waals surface area contributed by atoms with Crippen molar-refractivity contribution < 1.29 is 27.4 Å². The molecule has 0 radical (unpaired) electrons. The number of aliphatic carboxylic acids is 1. The zero-order valence-corrected chi connectivity index (χ0v) is 17.3. The van der Waals surface area contributed by atoms with Gasteiger partial charge in [-0.05, 0) is 56.0 Å². The standard InChI is InChI=1S/C21H25FN2O5S/c22-17-15-16(10-11-20(17)29-14-6-9-21(25)26)30(27,28)23-18-7-2-3-8-19(18)24-12-4-1-5-13-24/h2-3,7-8,10-11,15,23H,1,4-6,9,12-14H2,(H,25,26). The number of rotatable bonds is 9. The highest BCUT2D eigenvalue weighted by Crippen LogP contribution is 2.31. The summed E-state index contributed by atoms with van der Waals surface area (Å²) < 4.78 is 47.8. The van der Waals surface area contributed by atoms with Gasteiger partial charge < -0.3 is 14.7 Å². The minimum absolute atomic E-state index is 0.0246. The number of anilines is 2. The zero-order valence-electron chi connectivity index (χ0n) is 16.5. The first-order valence-corrected chi connectivity index (χ1v) is 11.4. The summed E-state index contributed by atoms with van der Waals surface area (Å²) in [4.78, 5) is 12.4. The average molecular weight is 437 g/mol. The van der Waals surface area contributed by atoms with E-state index in [0.717, 1.165) is 44.1 Å². The van der Waals surface area contributed by atoms with Gasteiger partial charge in [0.05, 0.1) is 22.9 Å². The van der Waals surface area contributed by atoms with Crippen molar-refractivity contribution in [2.45, 2.75) is 37.0 Å². The van der Waals surface area contributed by atoms with Gasteiger partial charge in [-0.3, -0.25) is 9.52 Å². The van der Waals surface area contributed by atoms with Crippen molar-refractivity contribution in [3.63, 3.8) is 0 Å². The number of piperidine rings is 1. The van der Waals surface area contributed by atoms with Crippen LogP contribution in [0.5, 0.6) is 5.75 Å². The van der Waals surface area contributed by atoms with Crippen molar-refractivity contribution in [1.29, 1.82) is 0 Å². The number of carboxylic acid groups (broad SMARTS) is 1. The summed E-state index contributed by atoms with van der Waals surface area (Å²) in [5, 5.41) is 8.61. The lowest BCUT2D eigenvalue weighted by atomic mass is 10.1. The number of carboxylic acids is 1. The molecule has 1 fully saturated rings. The normalized spacial score (nSPS) is 14.4. The fourth-order valence-corrected chi connectivity index (χ4v) is 4.43. The molecule has 0 unspecified atom stereocenters. The molecule has 9 heteroatoms. The van der Waals surface area contributed by atoms with Crippen LogP contribution in [0, 0.1) is 5.82 Å². The Labute approximate surface area is 175 Å². The summed E-state index contributed by atoms with van der Waals surface area (Å²) in [6, 6.07) is 10.6. The molecule has 2 N–H and O–H groups in total. The Morgan fingerprint density at radius 3 is 2.57 bits per heavy atom. The van der Waals surface area contributed by atoms with Gasteiger partial charge in [-0.15, -0.1) is 0 Å². The SMILES string of the molecule is O=C(O)CCCOc1ccc(S(=O)(=O)Nc2ccccc2N2CCCCC2)cc1F. The molecule has 3 rings (SSSR count). The van der Waals surface area contributed by atoms with Gasteiger partial charge in [0.25, 0.3) is 10.0 Å². The number of para-hydroxylation sites is 2. The predicted octanol–water partition coefficient (Wildman–Crippen LogP) is 3.86. The van der Waals surface area contributed by atoms with E-state index in [2.05, 4.69) is 9.62 Å². The lowest BCUT2D eigenvalue weighted by Crippen LogP contribution is -2.30. The van der Waals surface area contributed by atoms with Gasteiger partial charge in [-0.1, -0.05) is 12.1 Å². The number of ether oxygens (including phenoxy) is 1. The third-order valence-electron chi connectivity index (χ3n) is 4.85. The maximum atomic E-state index is 14.3. The largest absolute Gasteiger partial charge is 0.491 e. The van der Waals surface area contributed by atoms with Gasteiger partial charge in [-0.2, -0.15) is 0 Å². The summed E-state index contributed by atoms with van der Waals surface area (Å²) in [5.41, 5.74) is 1.26. The molecule has 1 saturated heterocycles. The maximum Gasteiger partial charge on any atom is 0.303 e. The third-order valence-corrected chi connectivity index (χ3v) is 6.21. The Morgan fingerprint density at radius 2 is 1.87 bits per heavy atom. The number of nitrogens with one attached hydrogen (secondary N) is 1. The molecule has 0 atom stereocenters. The molecular formula is C21H25FN2O5S. The lowest BCUT2D eigenvalue weighted by molar-refractivity contribution is -0.137. The first-order valence-electron chi connectivity index (χ1n) is 9.88. The Hall–Kier alpha value is -2.81. The van der Waals surface area contributed by atoms with E-state index in [0.29, 0.717) is 5.69 Å². The molecule has 2 aromatic rings. The van der Waals surface area contributed by atoms with Gasteiger partial charge in [0.2, 0.25) is 0 Å². The van der Waals surface area contributed by atoms with Crippen LogP contribution in [-0.4, -0.2) is 39.2 Å². The van der Waals surface area contributed by atoms with Crippen LogP contribution in [0.2, 0.25) is 0 Å². The summed E-state index contributed by atoms with van der Waals surface area (Å²) in [5.74, 6) is -1.90. The first-order chi connectivity index (χ1) is 14.4. The number of hydrogen-bond donors (Lipinski definition) is 2. The smallest absolute Gasteiger partial charge is 0.303 e. The lowest BCUT2D eigenvalue weighted by Gasteiger charge is -2.30. The van der Waals surface area contributed by atoms with E-state index in [9.17, 15) is 17.6 Å². The summed E-state index contributed by atoms with van der Waals surface area (Å²) in [6.45, 7) is 1.75. The number of hydrogen-bond acceptors (Lipinski definition) is 5. The quantitative estimate of drug-likeness (QED) is 0.580. The Morgan fingerprint density at radius 1 is 1.13 bits per heavy atom. The van der Waals surface area contributed by atoms with E-state index in [1.54, 1.807) is 12.1 Å². The molecule has 0 spiro atoms. The van der Waals surface area contributed by atoms with Gasteiger partial charge >= 0.3 is 5.97 Å². The summed E-state index contributed by atoms with van der Waals surface area (Å²) >= 11 is 0. The Kier molecular flexibility index (Phi) is 7.15. The molecule has 1 heterocycles. The second-order valence-corrected chi connectivity index (χ2v) is 8.79. The van der Waals surface area contributed by atoms with E-state index in [-0.39, 0.29) is 30.1 Å². The highest BCUT2D eigenvalue weighted by molar-refractivity contribution is 7.92. The van der Waals surface area contributed by atoms with E-state index in [1.165, 1.54) is 12.1 Å². The van der Waals surface area contributed by atoms with Crippen LogP contribution in [0.4, 0.5) is 15.8 Å². The van der Waals surface area contributed by atoms with Crippen LogP contribution in [0.15, 0.2) is 47.4 Å². The van der Waals surface area contributed by atoms with E-state index in [1.807, 2.05) is 12.1 Å². The van der Waals surface area contributed by atoms with Crippen LogP contribution < -0.4 is 14.4 Å². The number of benzene rings is 2. The first kappa shape index (κ1) is 21.9. The second kappa shape index (κ2) is 9.80. The van der Waals surface area contributed by atoms with Crippen LogP contribution in [0.1, 0.15) is 32.1 Å². The molecule has 1 aliphatic heterocycles. The van der Waals surface area contributed by atoms with Gasteiger partial charge in [0.1, 0.15) is 0 Å². The number of halogens is 1. The second-order valence-electron chi connectivity index (χ2n) is 7.11. The molecule has 162 valence electrons. The number of nitrogens with zero attached hydrogens (tertiary/aromatic N) is 1. The molecule has 2 aromatic carbocycles. The number of carbonyl (C=O) groups is 1. The highest BCUT2D eigenvalue weighted by Gasteiger charge is 2.21. The molecule has 0 aromatic heterocycles. The predicted molar refractivity (Wildman–Crippen MR) is 112 cm³/mol. The fraction of sp³-hybridized carbons (Fsp3) is 0.381. The van der Waals surface area contributed by atoms with Gasteiger partial charge in [0, 0.05) is 19.5 Å². The molecule has 1 aliphatic rings. The highest BCUT2D eigenvalue weighted by atomic mass is 32.2. The fourth-order valence-electron chi connectivity index (χ4n) is 3.35. The number of sulfonamides is 1. The topological polar surface area (TPSA) is 95.9 Å². The van der Waals surface area contributed by atoms with E-state index < -0.39 is 21.8 Å². The van der Waals surface area contributed by atoms with Crippen molar-refractivity contribution in [2.24, 2.45) is 0 Å². The van der Waals surface area contributed by atoms with E-state index >= 15 is 0 Å². The van der Waals surface area contributed by atoms with Crippen molar-refractivity contribution >= 4 is 27.4 Å². The Balaban J connectivity index is 1.73. The molecule has 0 saturated carbocycles. The van der Waals surface area contributed by atoms with Crippen molar-refractivity contribution in [3.05, 3.63) is 48.3 Å². The minimum atomic E-state index is -4.00. The van der Waals surface area contributed by atoms with Crippen LogP contribution in [-0.2, 0) is 14.8 Å². The molecule has 30 heavy (non-hydrogen) atoms. The van der Waals surface area contributed by atoms with Crippen LogP contribution in [0.3, 0.4) is 0 Å². The minimum Gasteiger partial charge on any atom is -0.491 e. The molecule has 0 aliphatic carbocycles. The average Bonchev–Trinajstić information content (AvgIpc) is 2.72. The molecule has 0 bridgehead atoms. The van der Waals surface area contributed by atoms with Crippen molar-refractivity contribution in [1.82, 2.24) is 0 Å². The van der Waals surface area contributed by atoms with Gasteiger partial charge in [0.15, 0.2) is 11.6 Å². The van der Waals surface area contributed by atoms with Crippen LogP contribution in [0.25, 0.3) is 0 Å². The maximum absolute atomic E-state index is 14.3. The summed E-state index contributed by atoms with van der Waals surface area (Å²) in [7, 11) is -4.00. The zero-order chi connectivity index (χ0) is 21.6. The summed E-state index contributed by atoms with van der Waals surface area (Å²) in [6.07, 6.45) is 3.41. The van der Waals surface area contributed by atoms with Crippen molar-refractivity contribution in [3.8, 4) is 5.75 Å². The Bertz CT molecular complexity index is 991. The molecular weight excluding hydrogens is 411 g/mol.